The Bertz CT molecular complexity index is 1270. The summed E-state index contributed by atoms with van der Waals surface area (Å²) in [7, 11) is 3.08. The molecule has 33 heavy (non-hydrogen) atoms. The molecule has 2 aromatic carbocycles. The van der Waals surface area contributed by atoms with Gasteiger partial charge < -0.3 is 28.5 Å². The highest BCUT2D eigenvalue weighted by molar-refractivity contribution is 6.02. The molecule has 8 heteroatoms. The van der Waals surface area contributed by atoms with Gasteiger partial charge in [-0.2, -0.15) is 0 Å². The van der Waals surface area contributed by atoms with Crippen molar-refractivity contribution in [2.45, 2.75) is 25.6 Å². The van der Waals surface area contributed by atoms with Gasteiger partial charge in [-0.05, 0) is 44.2 Å². The minimum absolute atomic E-state index is 0.107. The minimum atomic E-state index is -1.35. The number of hydrogen-bond acceptors (Lipinski definition) is 8. The molecule has 8 nitrogen and oxygen atoms in total. The highest BCUT2D eigenvalue weighted by atomic mass is 16.6. The van der Waals surface area contributed by atoms with Gasteiger partial charge in [0.1, 0.15) is 17.9 Å². The van der Waals surface area contributed by atoms with Crippen molar-refractivity contribution >= 4 is 28.0 Å². The van der Waals surface area contributed by atoms with Gasteiger partial charge in [0, 0.05) is 5.39 Å². The van der Waals surface area contributed by atoms with Gasteiger partial charge in [-0.3, -0.25) is 0 Å². The third-order valence-electron chi connectivity index (χ3n) is 5.29. The summed E-state index contributed by atoms with van der Waals surface area (Å²) < 4.78 is 28.2. The largest absolute Gasteiger partial charge is 0.495 e. The maximum atomic E-state index is 12.5. The van der Waals surface area contributed by atoms with E-state index < -0.39 is 17.7 Å². The van der Waals surface area contributed by atoms with Crippen LogP contribution in [-0.2, 0) is 4.74 Å². The summed E-state index contributed by atoms with van der Waals surface area (Å²) in [6.07, 6.45) is 0.596. The number of esters is 1. The van der Waals surface area contributed by atoms with Crippen molar-refractivity contribution < 1.29 is 33.3 Å². The van der Waals surface area contributed by atoms with Crippen molar-refractivity contribution in [3.63, 3.8) is 0 Å². The summed E-state index contributed by atoms with van der Waals surface area (Å²) in [5.41, 5.74) is -0.0683. The predicted molar refractivity (Wildman–Crippen MR) is 122 cm³/mol. The molecule has 0 amide bonds. The third kappa shape index (κ3) is 4.42. The molecule has 2 aromatic heterocycles. The Hall–Kier alpha value is -3.78. The normalized spacial score (nSPS) is 12.5. The first kappa shape index (κ1) is 22.4. The first-order valence-corrected chi connectivity index (χ1v) is 10.4. The van der Waals surface area contributed by atoms with E-state index in [1.54, 1.807) is 69.5 Å². The Balaban J connectivity index is 1.64. The molecule has 0 aliphatic carbocycles. The van der Waals surface area contributed by atoms with Crippen molar-refractivity contribution in [1.29, 1.82) is 0 Å². The first-order valence-electron chi connectivity index (χ1n) is 10.4. The van der Waals surface area contributed by atoms with Crippen molar-refractivity contribution in [2.24, 2.45) is 0 Å². The van der Waals surface area contributed by atoms with E-state index >= 15 is 0 Å². The zero-order valence-electron chi connectivity index (χ0n) is 18.8. The maximum absolute atomic E-state index is 12.5. The summed E-state index contributed by atoms with van der Waals surface area (Å²) in [5, 5.41) is 12.1. The van der Waals surface area contributed by atoms with Crippen LogP contribution in [0.5, 0.6) is 17.2 Å². The zero-order valence-corrected chi connectivity index (χ0v) is 18.8. The lowest BCUT2D eigenvalue weighted by molar-refractivity contribution is -0.0796. The van der Waals surface area contributed by atoms with Crippen molar-refractivity contribution in [1.82, 2.24) is 4.98 Å². The van der Waals surface area contributed by atoms with Crippen LogP contribution in [0.4, 0.5) is 0 Å². The topological polar surface area (TPSA) is 100 Å². The van der Waals surface area contributed by atoms with E-state index in [0.717, 1.165) is 10.8 Å². The number of aromatic nitrogens is 1. The van der Waals surface area contributed by atoms with E-state index in [2.05, 4.69) is 4.98 Å². The first-order chi connectivity index (χ1) is 15.8. The molecule has 0 saturated carbocycles. The number of rotatable bonds is 8. The van der Waals surface area contributed by atoms with E-state index in [1.807, 2.05) is 0 Å². The molecule has 4 rings (SSSR count). The van der Waals surface area contributed by atoms with Crippen molar-refractivity contribution in [2.75, 3.05) is 20.8 Å². The van der Waals surface area contributed by atoms with Gasteiger partial charge in [-0.15, -0.1) is 0 Å². The molecule has 0 spiro atoms. The van der Waals surface area contributed by atoms with E-state index in [1.165, 1.54) is 13.4 Å². The Morgan fingerprint density at radius 2 is 1.76 bits per heavy atom. The standard InChI is InChI=1S/C25H25NO7/c1-25(2,28)19(33-24(27)15-8-6-5-7-9-15)14-32-18-11-10-16-20(22(18)30-4)26-23-17(12-13-31-23)21(16)29-3/h5-13,19,28H,14H2,1-4H3/t19-/m0/s1. The fourth-order valence-electron chi connectivity index (χ4n) is 3.50. The van der Waals surface area contributed by atoms with Gasteiger partial charge in [0.2, 0.25) is 5.71 Å². The van der Waals surface area contributed by atoms with Gasteiger partial charge in [-0.1, -0.05) is 18.2 Å². The number of benzene rings is 2. The van der Waals surface area contributed by atoms with Crippen LogP contribution in [0.3, 0.4) is 0 Å². The number of aliphatic hydroxyl groups is 1. The van der Waals surface area contributed by atoms with E-state index in [0.29, 0.717) is 34.0 Å². The Labute approximate surface area is 190 Å². The molecule has 1 N–H and O–H groups in total. The lowest BCUT2D eigenvalue weighted by Crippen LogP contribution is -2.43. The highest BCUT2D eigenvalue weighted by Gasteiger charge is 2.32. The second kappa shape index (κ2) is 8.99. The Kier molecular flexibility index (Phi) is 6.11. The lowest BCUT2D eigenvalue weighted by atomic mass is 10.0. The number of ether oxygens (including phenoxy) is 4. The number of carbonyl (C=O) groups is 1. The van der Waals surface area contributed by atoms with Crippen molar-refractivity contribution in [3.8, 4) is 17.2 Å². The van der Waals surface area contributed by atoms with E-state index in [9.17, 15) is 9.90 Å². The van der Waals surface area contributed by atoms with Crippen LogP contribution in [0, 0.1) is 0 Å². The van der Waals surface area contributed by atoms with Gasteiger partial charge >= 0.3 is 5.97 Å². The number of furan rings is 1. The molecule has 2 heterocycles. The number of carbonyl (C=O) groups excluding carboxylic acids is 1. The fraction of sp³-hybridized carbons (Fsp3) is 0.280. The van der Waals surface area contributed by atoms with Crippen LogP contribution < -0.4 is 14.2 Å². The minimum Gasteiger partial charge on any atom is -0.495 e. The SMILES string of the molecule is COc1c2ccoc2nc2c(OC)c(OC[C@H](OC(=O)c3ccccc3)C(C)(C)O)ccc12. The molecule has 0 unspecified atom stereocenters. The third-order valence-corrected chi connectivity index (χ3v) is 5.29. The number of hydrogen-bond donors (Lipinski definition) is 1. The summed E-state index contributed by atoms with van der Waals surface area (Å²) in [6.45, 7) is 3.00. The number of nitrogens with zero attached hydrogens (tertiary/aromatic N) is 1. The van der Waals surface area contributed by atoms with Crippen LogP contribution in [0.15, 0.2) is 59.2 Å². The van der Waals surface area contributed by atoms with Gasteiger partial charge in [0.25, 0.3) is 0 Å². The van der Waals surface area contributed by atoms with Gasteiger partial charge in [0.05, 0.1) is 37.0 Å². The van der Waals surface area contributed by atoms with Gasteiger partial charge in [0.15, 0.2) is 17.6 Å². The molecule has 1 atom stereocenters. The van der Waals surface area contributed by atoms with Crippen LogP contribution in [0.1, 0.15) is 24.2 Å². The number of pyridine rings is 1. The number of fused-ring (bicyclic) bond motifs is 2. The zero-order chi connectivity index (χ0) is 23.6. The second-order valence-corrected chi connectivity index (χ2v) is 8.00. The molecule has 0 aliphatic rings. The summed E-state index contributed by atoms with van der Waals surface area (Å²) in [4.78, 5) is 17.1. The molecular formula is C25H25NO7. The molecule has 172 valence electrons. The second-order valence-electron chi connectivity index (χ2n) is 8.00. The molecule has 4 aromatic rings. The summed E-state index contributed by atoms with van der Waals surface area (Å²) in [5.74, 6) is 0.798. The monoisotopic (exact) mass is 451 g/mol. The van der Waals surface area contributed by atoms with E-state index in [4.69, 9.17) is 23.4 Å². The quantitative estimate of drug-likeness (QED) is 0.394. The molecule has 0 fully saturated rings. The molecule has 0 radical (unpaired) electrons. The Morgan fingerprint density at radius 1 is 1.03 bits per heavy atom. The van der Waals surface area contributed by atoms with Crippen LogP contribution in [0.2, 0.25) is 0 Å². The highest BCUT2D eigenvalue weighted by Crippen LogP contribution is 2.41. The molecule has 0 saturated heterocycles. The summed E-state index contributed by atoms with van der Waals surface area (Å²) >= 11 is 0. The average molecular weight is 451 g/mol. The van der Waals surface area contributed by atoms with Crippen LogP contribution in [0.25, 0.3) is 22.0 Å². The van der Waals surface area contributed by atoms with Crippen molar-refractivity contribution in [3.05, 3.63) is 60.4 Å². The maximum Gasteiger partial charge on any atom is 0.338 e. The number of methoxy groups -OCH3 is 2. The molecule has 0 aliphatic heterocycles. The summed E-state index contributed by atoms with van der Waals surface area (Å²) in [6, 6.07) is 13.9. The predicted octanol–water partition coefficient (Wildman–Crippen LogP) is 4.37. The molecule has 0 bridgehead atoms. The van der Waals surface area contributed by atoms with Gasteiger partial charge in [-0.25, -0.2) is 9.78 Å². The van der Waals surface area contributed by atoms with Crippen LogP contribution in [-0.4, -0.2) is 48.6 Å². The molecular weight excluding hydrogens is 426 g/mol. The van der Waals surface area contributed by atoms with Crippen LogP contribution >= 0.6 is 0 Å². The van der Waals surface area contributed by atoms with E-state index in [-0.39, 0.29) is 6.61 Å². The fourth-order valence-corrected chi connectivity index (χ4v) is 3.50. The lowest BCUT2D eigenvalue weighted by Gasteiger charge is -2.29. The Morgan fingerprint density at radius 3 is 2.42 bits per heavy atom. The smallest absolute Gasteiger partial charge is 0.338 e. The average Bonchev–Trinajstić information content (AvgIpc) is 3.27.